The van der Waals surface area contributed by atoms with Gasteiger partial charge < -0.3 is 41.0 Å². The van der Waals surface area contributed by atoms with Gasteiger partial charge in [-0.1, -0.05) is 123 Å². The number of β-amino-alcohol motifs (C(OH)–C–C–N with tert-alkyl or cyclic N) is 1. The minimum atomic E-state index is -0.673. The van der Waals surface area contributed by atoms with Crippen molar-refractivity contribution >= 4 is 28.0 Å². The van der Waals surface area contributed by atoms with E-state index in [1.165, 1.54) is 5.57 Å². The molecule has 2 aliphatic heterocycles. The Kier molecular flexibility index (Phi) is 17.6. The monoisotopic (exact) mass is 1050 g/mol. The summed E-state index contributed by atoms with van der Waals surface area (Å²) in [7, 11) is 1.56. The third-order valence-electron chi connectivity index (χ3n) is 17.3. The number of aromatic amines is 1. The van der Waals surface area contributed by atoms with Gasteiger partial charge in [-0.3, -0.25) is 9.59 Å². The maximum Gasteiger partial charge on any atom is 0.161 e. The number of ether oxygens (including phenoxy) is 1. The summed E-state index contributed by atoms with van der Waals surface area (Å²) >= 11 is 0. The van der Waals surface area contributed by atoms with Crippen molar-refractivity contribution in [2.24, 2.45) is 29.6 Å². The number of methoxy groups -OCH3 is 1. The molecule has 9 atom stereocenters. The van der Waals surface area contributed by atoms with Crippen LogP contribution in [-0.4, -0.2) is 70.8 Å². The van der Waals surface area contributed by atoms with Crippen molar-refractivity contribution in [2.45, 2.75) is 121 Å². The van der Waals surface area contributed by atoms with Gasteiger partial charge in [-0.25, -0.2) is 0 Å². The molecule has 7 N–H and O–H groups in total. The van der Waals surface area contributed by atoms with Crippen LogP contribution in [0.3, 0.4) is 0 Å². The fourth-order valence-corrected chi connectivity index (χ4v) is 13.2. The molecule has 0 radical (unpaired) electrons. The number of Topliss-reactive ketones (excluding diaryl/α,β-unsaturated/α-hetero) is 2. The van der Waals surface area contributed by atoms with E-state index in [2.05, 4.69) is 126 Å². The number of fused-ring (bicyclic) bond motifs is 9. The lowest BCUT2D eigenvalue weighted by Crippen LogP contribution is -2.33. The number of rotatable bonds is 7. The molecule has 1 saturated carbocycles. The van der Waals surface area contributed by atoms with Crippen LogP contribution in [0.15, 0.2) is 139 Å². The van der Waals surface area contributed by atoms with E-state index in [-0.39, 0.29) is 59.7 Å². The third kappa shape index (κ3) is 13.2. The molecular formula is C68H78N4O6. The van der Waals surface area contributed by atoms with Gasteiger partial charge in [0.15, 0.2) is 11.5 Å². The zero-order chi connectivity index (χ0) is 54.1. The number of H-pyrrole nitrogens is 1. The second-order valence-corrected chi connectivity index (χ2v) is 22.9. The van der Waals surface area contributed by atoms with E-state index in [9.17, 15) is 20.1 Å². The number of carbonyl (C=O) groups excluding carboxylic acids is 2. The van der Waals surface area contributed by atoms with Crippen molar-refractivity contribution in [1.82, 2.24) is 15.6 Å². The Balaban J connectivity index is 1.07. The highest BCUT2D eigenvalue weighted by molar-refractivity contribution is 6.00. The van der Waals surface area contributed by atoms with Crippen molar-refractivity contribution < 1.29 is 29.6 Å². The summed E-state index contributed by atoms with van der Waals surface area (Å²) in [6.45, 7) is 6.18. The van der Waals surface area contributed by atoms with Crippen LogP contribution in [0.5, 0.6) is 11.5 Å². The number of dihydropyridines is 1. The molecule has 4 aliphatic rings. The van der Waals surface area contributed by atoms with Crippen LogP contribution < -0.4 is 20.7 Å². The summed E-state index contributed by atoms with van der Waals surface area (Å²) in [6, 6.07) is 37.4. The zero-order valence-corrected chi connectivity index (χ0v) is 45.7. The van der Waals surface area contributed by atoms with Gasteiger partial charge >= 0.3 is 0 Å². The summed E-state index contributed by atoms with van der Waals surface area (Å²) in [5.74, 6) is 7.70. The van der Waals surface area contributed by atoms with E-state index in [4.69, 9.17) is 4.74 Å². The van der Waals surface area contributed by atoms with Gasteiger partial charge in [0.25, 0.3) is 0 Å². The Morgan fingerprint density at radius 2 is 1.60 bits per heavy atom. The number of phenols is 1. The summed E-state index contributed by atoms with van der Waals surface area (Å²) < 4.78 is 5.83. The van der Waals surface area contributed by atoms with E-state index in [1.807, 2.05) is 48.7 Å². The van der Waals surface area contributed by atoms with Crippen molar-refractivity contribution in [3.05, 3.63) is 184 Å². The number of hydrogen-bond donors (Lipinski definition) is 7. The summed E-state index contributed by atoms with van der Waals surface area (Å²) in [4.78, 5) is 33.0. The van der Waals surface area contributed by atoms with Crippen LogP contribution in [0.1, 0.15) is 122 Å². The third-order valence-corrected chi connectivity index (χ3v) is 17.3. The second-order valence-electron chi connectivity index (χ2n) is 22.9. The molecule has 1 fully saturated rings. The number of aryl methyl sites for hydroxylation is 2. The number of aromatic hydroxyl groups is 1. The van der Waals surface area contributed by atoms with Gasteiger partial charge in [-0.15, -0.1) is 0 Å². The van der Waals surface area contributed by atoms with Crippen molar-refractivity contribution in [3.63, 3.8) is 0 Å². The fourth-order valence-electron chi connectivity index (χ4n) is 13.2. The minimum absolute atomic E-state index is 0.0156. The lowest BCUT2D eigenvalue weighted by Gasteiger charge is -2.33. The van der Waals surface area contributed by atoms with E-state index in [1.54, 1.807) is 7.11 Å². The normalized spacial score (nSPS) is 25.4. The van der Waals surface area contributed by atoms with Crippen LogP contribution in [-0.2, 0) is 41.7 Å². The highest BCUT2D eigenvalue weighted by Gasteiger charge is 2.41. The molecule has 0 amide bonds. The van der Waals surface area contributed by atoms with E-state index in [0.29, 0.717) is 70.3 Å². The molecule has 0 spiro atoms. The molecule has 6 aromatic rings. The number of phenolic OH excluding ortho intramolecular Hbond substituents is 1. The molecule has 2 aliphatic carbocycles. The highest BCUT2D eigenvalue weighted by Crippen LogP contribution is 2.46. The lowest BCUT2D eigenvalue weighted by molar-refractivity contribution is -0.130. The Hall–Kier alpha value is -6.90. The van der Waals surface area contributed by atoms with Crippen LogP contribution in [0.2, 0.25) is 0 Å². The molecule has 9 bridgehead atoms. The SMILES string of the molecule is CCC[C@@H]1[C@H]2C[C@H](CC3=CCNC(=C3)Nc3ccc4ccc(cc4c3)C[C@@H](O)CNC[C@@H](C)c3c[nH]c(c3)C[C@@H]1O)C[C@@H]1C#C[C@H](c3ccccc3)c3c(cc(OC)c(O)c3CCc3ccccc3)CCC(=O)CC(=O)[C@@H]1C2. The number of aliphatic hydroxyl groups is 2. The largest absolute Gasteiger partial charge is 0.504 e. The number of benzene rings is 5. The van der Waals surface area contributed by atoms with Crippen LogP contribution in [0.4, 0.5) is 5.69 Å². The number of nitrogens with one attached hydrogen (secondary N) is 4. The van der Waals surface area contributed by atoms with Crippen LogP contribution in [0.25, 0.3) is 10.8 Å². The average Bonchev–Trinajstić information content (AvgIpc) is 3.94. The van der Waals surface area contributed by atoms with E-state index < -0.39 is 24.0 Å². The molecule has 406 valence electrons. The van der Waals surface area contributed by atoms with Gasteiger partial charge in [-0.2, -0.15) is 0 Å². The van der Waals surface area contributed by atoms with Gasteiger partial charge in [0.2, 0.25) is 0 Å². The number of allylic oxidation sites excluding steroid dienone is 2. The van der Waals surface area contributed by atoms with Crippen molar-refractivity contribution in [3.8, 4) is 23.3 Å². The fraction of sp³-hybridized carbons (Fsp3) is 0.412. The number of ketones is 2. The summed E-state index contributed by atoms with van der Waals surface area (Å²) in [5, 5.41) is 48.8. The maximum absolute atomic E-state index is 15.1. The number of carbonyl (C=O) groups is 2. The Labute approximate surface area is 461 Å². The van der Waals surface area contributed by atoms with Gasteiger partial charge in [0.05, 0.1) is 31.7 Å². The Bertz CT molecular complexity index is 3190. The standard InChI is InChI=1S/C68H78N4O6/c1-4-11-59-53-31-47(28-46-26-27-70-66(33-46)72-55-22-19-48-18-16-45(29-52(48)34-55)32-58(74)42-69-40-43(2)54-35-56(71-41-54)38-63(59)75)30-50-21-25-60(49-14-9-6-10-15-49)67-51(20-23-57(73)39-64(76)62(50)36-53)37-65(78-3)68(77)61(67)24-17-44-12-7-5-8-13-44/h5-10,12-16,18-19,22,26,29,33-35,37,41,43,47,50,53,58-60,62-63,69-72,74-75,77H,4,11,17,20,23-24,27-28,30-32,36,38-40,42H2,1-3H3/t43-,47-,50+,53+,58-,59-,60-,62-,63+/m1/s1. The predicted molar refractivity (Wildman–Crippen MR) is 312 cm³/mol. The number of anilines is 1. The topological polar surface area (TPSA) is 156 Å². The quantitative estimate of drug-likeness (QED) is 0.0611. The molecule has 3 heterocycles. The minimum Gasteiger partial charge on any atom is -0.504 e. The predicted octanol–water partition coefficient (Wildman–Crippen LogP) is 11.4. The van der Waals surface area contributed by atoms with Gasteiger partial charge in [0, 0.05) is 67.5 Å². The first kappa shape index (κ1) is 54.5. The number of hydrogen-bond acceptors (Lipinski definition) is 9. The molecule has 78 heavy (non-hydrogen) atoms. The maximum atomic E-state index is 15.1. The van der Waals surface area contributed by atoms with Crippen LogP contribution in [0, 0.1) is 41.4 Å². The van der Waals surface area contributed by atoms with Gasteiger partial charge in [0.1, 0.15) is 17.4 Å². The molecule has 1 aromatic heterocycles. The Morgan fingerprint density at radius 3 is 2.41 bits per heavy atom. The van der Waals surface area contributed by atoms with Crippen molar-refractivity contribution in [1.29, 1.82) is 0 Å². The molecule has 0 saturated heterocycles. The number of aliphatic hydroxyl groups excluding tert-OH is 2. The molecule has 5 aromatic carbocycles. The smallest absolute Gasteiger partial charge is 0.161 e. The zero-order valence-electron chi connectivity index (χ0n) is 45.7. The van der Waals surface area contributed by atoms with E-state index in [0.717, 1.165) is 92.6 Å². The lowest BCUT2D eigenvalue weighted by atomic mass is 9.73. The Morgan fingerprint density at radius 1 is 0.795 bits per heavy atom. The second kappa shape index (κ2) is 25.3. The van der Waals surface area contributed by atoms with Crippen molar-refractivity contribution in [2.75, 3.05) is 32.1 Å². The molecule has 10 nitrogen and oxygen atoms in total. The molecular weight excluding hydrogens is 969 g/mol. The first-order chi connectivity index (χ1) is 38.0. The number of aromatic nitrogens is 1. The van der Waals surface area contributed by atoms with E-state index >= 15 is 4.79 Å². The molecule has 10 heteroatoms. The molecule has 10 rings (SSSR count). The van der Waals surface area contributed by atoms with Crippen LogP contribution >= 0.6 is 0 Å². The highest BCUT2D eigenvalue weighted by atomic mass is 16.5. The first-order valence-electron chi connectivity index (χ1n) is 28.7. The summed E-state index contributed by atoms with van der Waals surface area (Å²) in [6.07, 6.45) is 12.3. The summed E-state index contributed by atoms with van der Waals surface area (Å²) in [5.41, 5.74) is 10.0. The average molecular weight is 1050 g/mol. The molecule has 0 unspecified atom stereocenters. The first-order valence-corrected chi connectivity index (χ1v) is 28.7. The van der Waals surface area contributed by atoms with Gasteiger partial charge in [-0.05, 0) is 162 Å².